The molecule has 2 atom stereocenters. The number of benzene rings is 1. The highest BCUT2D eigenvalue weighted by Gasteiger charge is 2.56. The van der Waals surface area contributed by atoms with Crippen LogP contribution >= 0.6 is 0 Å². The Balaban J connectivity index is 1.29. The molecule has 0 radical (unpaired) electrons. The third kappa shape index (κ3) is 4.49. The van der Waals surface area contributed by atoms with E-state index in [9.17, 15) is 18.0 Å². The van der Waals surface area contributed by atoms with Crippen molar-refractivity contribution >= 4 is 5.91 Å². The molecule has 8 heteroatoms. The molecule has 1 aliphatic heterocycles. The number of halogens is 3. The van der Waals surface area contributed by atoms with E-state index in [0.717, 1.165) is 31.1 Å². The van der Waals surface area contributed by atoms with Crippen LogP contribution in [0.5, 0.6) is 0 Å². The van der Waals surface area contributed by atoms with Gasteiger partial charge in [0.25, 0.3) is 5.91 Å². The average Bonchev–Trinajstić information content (AvgIpc) is 3.53. The normalized spacial score (nSPS) is 25.5. The maximum Gasteiger partial charge on any atom is 0.416 e. The number of hydrogen-bond acceptors (Lipinski definition) is 3. The van der Waals surface area contributed by atoms with Crippen LogP contribution in [0.25, 0.3) is 0 Å². The summed E-state index contributed by atoms with van der Waals surface area (Å²) >= 11 is 0. The molecule has 166 valence electrons. The fourth-order valence-electron chi connectivity index (χ4n) is 5.05. The molecule has 2 unspecified atom stereocenters. The Hall–Kier alpha value is -2.35. The molecule has 31 heavy (non-hydrogen) atoms. The lowest BCUT2D eigenvalue weighted by atomic mass is 10.1. The summed E-state index contributed by atoms with van der Waals surface area (Å²) in [4.78, 5) is 21.6. The van der Waals surface area contributed by atoms with Gasteiger partial charge in [-0.2, -0.15) is 13.2 Å². The number of nitrogens with zero attached hydrogens (tertiary/aromatic N) is 4. The van der Waals surface area contributed by atoms with Crippen molar-refractivity contribution in [3.63, 3.8) is 0 Å². The zero-order valence-electron chi connectivity index (χ0n) is 17.6. The first-order chi connectivity index (χ1) is 14.8. The first kappa shape index (κ1) is 20.5. The summed E-state index contributed by atoms with van der Waals surface area (Å²) in [5.74, 6) is 2.27. The fourth-order valence-corrected chi connectivity index (χ4v) is 5.05. The van der Waals surface area contributed by atoms with E-state index in [0.29, 0.717) is 35.6 Å². The fraction of sp³-hybridized carbons (Fsp3) is 0.565. The average molecular weight is 432 g/mol. The Bertz CT molecular complexity index is 956. The molecule has 3 fully saturated rings. The molecule has 1 saturated heterocycles. The topological polar surface area (TPSA) is 41.4 Å². The maximum atomic E-state index is 13.2. The van der Waals surface area contributed by atoms with E-state index in [-0.39, 0.29) is 12.5 Å². The minimum Gasteiger partial charge on any atom is -0.340 e. The molecular weight excluding hydrogens is 405 g/mol. The molecule has 0 N–H and O–H groups in total. The Morgan fingerprint density at radius 1 is 1.23 bits per heavy atom. The number of amides is 1. The lowest BCUT2D eigenvalue weighted by Gasteiger charge is -2.25. The number of rotatable bonds is 7. The molecule has 2 heterocycles. The number of carbonyl (C=O) groups is 1. The number of imidazole rings is 1. The maximum absolute atomic E-state index is 13.2. The second-order valence-electron chi connectivity index (χ2n) is 9.46. The van der Waals surface area contributed by atoms with Crippen molar-refractivity contribution in [3.8, 4) is 0 Å². The molecule has 0 spiro atoms. The van der Waals surface area contributed by atoms with Gasteiger partial charge in [0.1, 0.15) is 5.69 Å². The molecule has 2 aromatic rings. The molecule has 1 amide bonds. The Morgan fingerprint density at radius 2 is 1.97 bits per heavy atom. The summed E-state index contributed by atoms with van der Waals surface area (Å²) in [5, 5.41) is 0. The van der Waals surface area contributed by atoms with Crippen molar-refractivity contribution in [2.24, 2.45) is 30.7 Å². The number of piperidine rings is 1. The van der Waals surface area contributed by atoms with Crippen LogP contribution in [0.4, 0.5) is 13.2 Å². The summed E-state index contributed by atoms with van der Waals surface area (Å²) < 4.78 is 41.1. The number of alkyl halides is 3. The highest BCUT2D eigenvalue weighted by Crippen LogP contribution is 2.52. The van der Waals surface area contributed by atoms with E-state index >= 15 is 0 Å². The SMILES string of the molecule is Cn1cnc(C(=O)N(Cc2cccc(C(F)(F)F)c2)CC2C3CN(CC4CC4)CC32)c1. The second-order valence-corrected chi connectivity index (χ2v) is 9.46. The smallest absolute Gasteiger partial charge is 0.340 e. The lowest BCUT2D eigenvalue weighted by Crippen LogP contribution is -2.35. The molecule has 1 aromatic carbocycles. The van der Waals surface area contributed by atoms with Crippen molar-refractivity contribution in [3.05, 3.63) is 53.6 Å². The summed E-state index contributed by atoms with van der Waals surface area (Å²) in [6, 6.07) is 5.26. The number of hydrogen-bond donors (Lipinski definition) is 0. The van der Waals surface area contributed by atoms with Gasteiger partial charge in [-0.3, -0.25) is 4.79 Å². The number of fused-ring (bicyclic) bond motifs is 1. The summed E-state index contributed by atoms with van der Waals surface area (Å²) in [5.41, 5.74) is 0.130. The largest absolute Gasteiger partial charge is 0.416 e. The first-order valence-corrected chi connectivity index (χ1v) is 10.9. The van der Waals surface area contributed by atoms with Crippen LogP contribution in [0.15, 0.2) is 36.8 Å². The standard InChI is InChI=1S/C23H27F3N4O/c1-28-13-21(27-14-28)22(31)30(9-16-3-2-4-17(7-16)23(24,25)26)12-20-18-10-29(11-19(18)20)8-15-5-6-15/h2-4,7,13-15,18-20H,5-6,8-12H2,1H3. The first-order valence-electron chi connectivity index (χ1n) is 10.9. The molecule has 3 aliphatic rings. The number of aromatic nitrogens is 2. The molecule has 5 rings (SSSR count). The van der Waals surface area contributed by atoms with Gasteiger partial charge in [-0.15, -0.1) is 0 Å². The Labute approximate surface area is 179 Å². The quantitative estimate of drug-likeness (QED) is 0.671. The second kappa shape index (κ2) is 7.65. The minimum absolute atomic E-state index is 0.154. The van der Waals surface area contributed by atoms with E-state index in [2.05, 4.69) is 9.88 Å². The van der Waals surface area contributed by atoms with Crippen molar-refractivity contribution < 1.29 is 18.0 Å². The molecular formula is C23H27F3N4O. The third-order valence-corrected chi connectivity index (χ3v) is 6.93. The van der Waals surface area contributed by atoms with Crippen LogP contribution < -0.4 is 0 Å². The van der Waals surface area contributed by atoms with Gasteiger partial charge < -0.3 is 14.4 Å². The van der Waals surface area contributed by atoms with Crippen molar-refractivity contribution in [2.45, 2.75) is 25.6 Å². The van der Waals surface area contributed by atoms with Crippen LogP contribution in [-0.4, -0.2) is 51.4 Å². The van der Waals surface area contributed by atoms with Gasteiger partial charge in [0.2, 0.25) is 0 Å². The molecule has 2 saturated carbocycles. The van der Waals surface area contributed by atoms with Crippen LogP contribution in [-0.2, 0) is 19.8 Å². The number of likely N-dealkylation sites (tertiary alicyclic amines) is 1. The number of carbonyl (C=O) groups excluding carboxylic acids is 1. The van der Waals surface area contributed by atoms with Crippen molar-refractivity contribution in [2.75, 3.05) is 26.2 Å². The predicted octanol–water partition coefficient (Wildman–Crippen LogP) is 3.67. The van der Waals surface area contributed by atoms with Crippen LogP contribution in [0.1, 0.15) is 34.5 Å². The molecule has 0 bridgehead atoms. The van der Waals surface area contributed by atoms with Crippen molar-refractivity contribution in [1.29, 1.82) is 0 Å². The van der Waals surface area contributed by atoms with E-state index in [1.807, 2.05) is 0 Å². The monoisotopic (exact) mass is 432 g/mol. The number of aryl methyl sites for hydroxylation is 1. The Morgan fingerprint density at radius 3 is 2.58 bits per heavy atom. The summed E-state index contributed by atoms with van der Waals surface area (Å²) in [6.45, 7) is 4.09. The predicted molar refractivity (Wildman–Crippen MR) is 109 cm³/mol. The molecule has 1 aromatic heterocycles. The highest BCUT2D eigenvalue weighted by molar-refractivity contribution is 5.92. The van der Waals surface area contributed by atoms with Gasteiger partial charge >= 0.3 is 6.18 Å². The van der Waals surface area contributed by atoms with E-state index in [4.69, 9.17) is 0 Å². The van der Waals surface area contributed by atoms with E-state index in [1.54, 1.807) is 35.1 Å². The summed E-state index contributed by atoms with van der Waals surface area (Å²) in [6.07, 6.45) is 1.52. The highest BCUT2D eigenvalue weighted by atomic mass is 19.4. The molecule has 2 aliphatic carbocycles. The van der Waals surface area contributed by atoms with Gasteiger partial charge in [-0.25, -0.2) is 4.98 Å². The van der Waals surface area contributed by atoms with Gasteiger partial charge in [-0.1, -0.05) is 12.1 Å². The van der Waals surface area contributed by atoms with Crippen LogP contribution in [0.3, 0.4) is 0 Å². The zero-order chi connectivity index (χ0) is 21.8. The van der Waals surface area contributed by atoms with Crippen LogP contribution in [0, 0.1) is 23.7 Å². The van der Waals surface area contributed by atoms with E-state index in [1.165, 1.54) is 25.5 Å². The van der Waals surface area contributed by atoms with Gasteiger partial charge in [-0.05, 0) is 54.2 Å². The van der Waals surface area contributed by atoms with Gasteiger partial charge in [0.15, 0.2) is 0 Å². The lowest BCUT2D eigenvalue weighted by molar-refractivity contribution is -0.137. The summed E-state index contributed by atoms with van der Waals surface area (Å²) in [7, 11) is 1.79. The third-order valence-electron chi connectivity index (χ3n) is 6.93. The molecule has 5 nitrogen and oxygen atoms in total. The van der Waals surface area contributed by atoms with Gasteiger partial charge in [0, 0.05) is 46.0 Å². The Kier molecular flexibility index (Phi) is 5.07. The minimum atomic E-state index is -4.40. The van der Waals surface area contributed by atoms with Gasteiger partial charge in [0.05, 0.1) is 11.9 Å². The van der Waals surface area contributed by atoms with E-state index < -0.39 is 11.7 Å². The van der Waals surface area contributed by atoms with Crippen LogP contribution in [0.2, 0.25) is 0 Å². The zero-order valence-corrected chi connectivity index (χ0v) is 17.6. The van der Waals surface area contributed by atoms with Crippen molar-refractivity contribution in [1.82, 2.24) is 19.4 Å².